The van der Waals surface area contributed by atoms with E-state index in [1.165, 1.54) is 62.8 Å². The average Bonchev–Trinajstić information content (AvgIpc) is 2.92. The minimum atomic E-state index is 0.0760. The summed E-state index contributed by atoms with van der Waals surface area (Å²) in [7, 11) is 0. The number of hydrogen-bond donors (Lipinski definition) is 0. The third kappa shape index (κ3) is 5.36. The van der Waals surface area contributed by atoms with E-state index in [-0.39, 0.29) is 5.41 Å². The molecule has 0 bridgehead atoms. The van der Waals surface area contributed by atoms with Crippen molar-refractivity contribution in [2.75, 3.05) is 0 Å². The predicted octanol–water partition coefficient (Wildman–Crippen LogP) is 6.08. The number of hydrogen-bond acceptors (Lipinski definition) is 3. The fourth-order valence-electron chi connectivity index (χ4n) is 3.29. The molecule has 1 atom stereocenters. The molecule has 0 aromatic carbocycles. The summed E-state index contributed by atoms with van der Waals surface area (Å²) in [5.74, 6) is 2.49. The normalized spacial score (nSPS) is 20.6. The zero-order chi connectivity index (χ0) is 15.3. The average molecular weight is 309 g/mol. The molecule has 1 heterocycles. The van der Waals surface area contributed by atoms with Crippen LogP contribution >= 0.6 is 11.5 Å². The highest BCUT2D eigenvalue weighted by atomic mass is 32.1. The maximum Gasteiger partial charge on any atom is 0.147 e. The molecule has 0 aliphatic heterocycles. The number of nitrogens with zero attached hydrogens (tertiary/aromatic N) is 2. The lowest BCUT2D eigenvalue weighted by Gasteiger charge is -2.19. The Morgan fingerprint density at radius 3 is 2.14 bits per heavy atom. The zero-order valence-corrected chi connectivity index (χ0v) is 15.1. The Morgan fingerprint density at radius 2 is 1.62 bits per heavy atom. The van der Waals surface area contributed by atoms with Crippen molar-refractivity contribution < 1.29 is 0 Å². The van der Waals surface area contributed by atoms with Crippen molar-refractivity contribution in [2.45, 2.75) is 96.8 Å². The molecule has 120 valence electrons. The van der Waals surface area contributed by atoms with Gasteiger partial charge in [0, 0.05) is 11.3 Å². The van der Waals surface area contributed by atoms with E-state index >= 15 is 0 Å². The van der Waals surface area contributed by atoms with E-state index in [2.05, 4.69) is 32.1 Å². The van der Waals surface area contributed by atoms with Crippen LogP contribution in [0.1, 0.15) is 102 Å². The fourth-order valence-corrected chi connectivity index (χ4v) is 4.19. The summed E-state index contributed by atoms with van der Waals surface area (Å²) in [6.45, 7) is 8.94. The number of rotatable bonds is 3. The molecule has 1 aliphatic carbocycles. The second-order valence-corrected chi connectivity index (χ2v) is 8.69. The second-order valence-electron chi connectivity index (χ2n) is 7.91. The molecule has 1 fully saturated rings. The van der Waals surface area contributed by atoms with Gasteiger partial charge in [-0.15, -0.1) is 0 Å². The molecule has 0 amide bonds. The van der Waals surface area contributed by atoms with Crippen LogP contribution in [0.25, 0.3) is 0 Å². The van der Waals surface area contributed by atoms with Crippen molar-refractivity contribution in [2.24, 2.45) is 5.92 Å². The van der Waals surface area contributed by atoms with E-state index in [9.17, 15) is 0 Å². The highest BCUT2D eigenvalue weighted by molar-refractivity contribution is 7.05. The Kier molecular flexibility index (Phi) is 6.21. The van der Waals surface area contributed by atoms with Crippen LogP contribution in [0.5, 0.6) is 0 Å². The molecule has 1 aromatic heterocycles. The molecule has 0 N–H and O–H groups in total. The number of aromatic nitrogens is 2. The van der Waals surface area contributed by atoms with Gasteiger partial charge in [-0.1, -0.05) is 79.1 Å². The Bertz CT molecular complexity index is 409. The van der Waals surface area contributed by atoms with Crippen LogP contribution in [-0.2, 0) is 5.41 Å². The van der Waals surface area contributed by atoms with Crippen molar-refractivity contribution in [3.8, 4) is 0 Å². The quantitative estimate of drug-likeness (QED) is 0.676. The van der Waals surface area contributed by atoms with Gasteiger partial charge in [0.05, 0.1) is 0 Å². The first kappa shape index (κ1) is 16.9. The van der Waals surface area contributed by atoms with E-state index in [1.807, 2.05) is 0 Å². The first-order chi connectivity index (χ1) is 9.97. The van der Waals surface area contributed by atoms with E-state index < -0.39 is 0 Å². The molecule has 1 aliphatic rings. The van der Waals surface area contributed by atoms with E-state index in [1.54, 1.807) is 11.5 Å². The lowest BCUT2D eigenvalue weighted by atomic mass is 9.88. The first-order valence-corrected chi connectivity index (χ1v) is 9.58. The smallest absolute Gasteiger partial charge is 0.147 e. The van der Waals surface area contributed by atoms with Gasteiger partial charge in [0.1, 0.15) is 10.8 Å². The molecule has 3 heteroatoms. The minimum Gasteiger partial charge on any atom is -0.224 e. The van der Waals surface area contributed by atoms with Gasteiger partial charge in [-0.3, -0.25) is 0 Å². The zero-order valence-electron chi connectivity index (χ0n) is 14.3. The van der Waals surface area contributed by atoms with Gasteiger partial charge < -0.3 is 0 Å². The summed E-state index contributed by atoms with van der Waals surface area (Å²) in [6.07, 6.45) is 12.8. The standard InChI is InChI=1S/C18H32N2S/c1-14(16-19-17(20-21-16)18(2,3)4)13-15-11-9-7-5-6-8-10-12-15/h14-15H,5-13H2,1-4H3. The third-order valence-corrected chi connectivity index (χ3v) is 5.64. The monoisotopic (exact) mass is 308 g/mol. The van der Waals surface area contributed by atoms with Crippen LogP contribution in [0.15, 0.2) is 0 Å². The highest BCUT2D eigenvalue weighted by Gasteiger charge is 2.23. The molecular weight excluding hydrogens is 276 g/mol. The lowest BCUT2D eigenvalue weighted by molar-refractivity contribution is 0.375. The van der Waals surface area contributed by atoms with E-state index in [4.69, 9.17) is 4.98 Å². The van der Waals surface area contributed by atoms with Crippen molar-refractivity contribution >= 4 is 11.5 Å². The SMILES string of the molecule is CC(CC1CCCCCCCC1)c1nc(C(C)(C)C)ns1. The van der Waals surface area contributed by atoms with Gasteiger partial charge in [-0.25, -0.2) is 4.98 Å². The molecule has 2 rings (SSSR count). The van der Waals surface area contributed by atoms with Crippen LogP contribution in [0, 0.1) is 5.92 Å². The predicted molar refractivity (Wildman–Crippen MR) is 92.1 cm³/mol. The third-order valence-electron chi connectivity index (χ3n) is 4.70. The van der Waals surface area contributed by atoms with Crippen LogP contribution in [-0.4, -0.2) is 9.36 Å². The molecule has 0 saturated heterocycles. The maximum absolute atomic E-state index is 4.81. The van der Waals surface area contributed by atoms with Gasteiger partial charge in [0.25, 0.3) is 0 Å². The highest BCUT2D eigenvalue weighted by Crippen LogP contribution is 2.33. The minimum absolute atomic E-state index is 0.0760. The Morgan fingerprint density at radius 1 is 1.05 bits per heavy atom. The first-order valence-electron chi connectivity index (χ1n) is 8.81. The second kappa shape index (κ2) is 7.71. The van der Waals surface area contributed by atoms with Crippen molar-refractivity contribution in [3.63, 3.8) is 0 Å². The summed E-state index contributed by atoms with van der Waals surface area (Å²) in [6, 6.07) is 0. The molecule has 1 aromatic rings. The van der Waals surface area contributed by atoms with Crippen LogP contribution < -0.4 is 0 Å². The van der Waals surface area contributed by atoms with Gasteiger partial charge in [0.2, 0.25) is 0 Å². The summed E-state index contributed by atoms with van der Waals surface area (Å²) >= 11 is 1.63. The summed E-state index contributed by atoms with van der Waals surface area (Å²) in [5, 5.41) is 1.25. The van der Waals surface area contributed by atoms with Crippen LogP contribution in [0.4, 0.5) is 0 Å². The molecule has 2 nitrogen and oxygen atoms in total. The molecular formula is C18H32N2S. The summed E-state index contributed by atoms with van der Waals surface area (Å²) in [5.41, 5.74) is 0.0760. The Balaban J connectivity index is 1.92. The largest absolute Gasteiger partial charge is 0.224 e. The van der Waals surface area contributed by atoms with Crippen molar-refractivity contribution in [3.05, 3.63) is 10.8 Å². The van der Waals surface area contributed by atoms with Crippen LogP contribution in [0.3, 0.4) is 0 Å². The molecule has 1 unspecified atom stereocenters. The van der Waals surface area contributed by atoms with Gasteiger partial charge >= 0.3 is 0 Å². The molecule has 0 radical (unpaired) electrons. The summed E-state index contributed by atoms with van der Waals surface area (Å²) < 4.78 is 4.58. The van der Waals surface area contributed by atoms with E-state index in [0.29, 0.717) is 5.92 Å². The van der Waals surface area contributed by atoms with E-state index in [0.717, 1.165) is 11.7 Å². The maximum atomic E-state index is 4.81. The van der Waals surface area contributed by atoms with Gasteiger partial charge in [0.15, 0.2) is 0 Å². The summed E-state index contributed by atoms with van der Waals surface area (Å²) in [4.78, 5) is 4.81. The molecule has 21 heavy (non-hydrogen) atoms. The van der Waals surface area contributed by atoms with Crippen LogP contribution in [0.2, 0.25) is 0 Å². The van der Waals surface area contributed by atoms with Gasteiger partial charge in [-0.05, 0) is 23.9 Å². The topological polar surface area (TPSA) is 25.8 Å². The fraction of sp³-hybridized carbons (Fsp3) is 0.889. The van der Waals surface area contributed by atoms with Gasteiger partial charge in [-0.2, -0.15) is 4.37 Å². The molecule has 1 saturated carbocycles. The van der Waals surface area contributed by atoms with Crippen molar-refractivity contribution in [1.29, 1.82) is 0 Å². The lowest BCUT2D eigenvalue weighted by Crippen LogP contribution is -2.13. The Hall–Kier alpha value is -0.440. The molecule has 0 spiro atoms. The Labute approximate surface area is 134 Å². The van der Waals surface area contributed by atoms with Crippen molar-refractivity contribution in [1.82, 2.24) is 9.36 Å².